The predicted octanol–water partition coefficient (Wildman–Crippen LogP) is 5.15. The van der Waals surface area contributed by atoms with Gasteiger partial charge in [0.2, 0.25) is 0 Å². The summed E-state index contributed by atoms with van der Waals surface area (Å²) in [7, 11) is 1.77. The summed E-state index contributed by atoms with van der Waals surface area (Å²) in [6.45, 7) is 7.57. The third-order valence-electron chi connectivity index (χ3n) is 9.05. The second-order valence-corrected chi connectivity index (χ2v) is 13.6. The Hall–Kier alpha value is -2.27. The minimum absolute atomic E-state index is 0.00898. The van der Waals surface area contributed by atoms with Gasteiger partial charge in [0.25, 0.3) is 17.3 Å². The van der Waals surface area contributed by atoms with Crippen molar-refractivity contribution in [2.24, 2.45) is 5.92 Å². The number of halogens is 2. The van der Waals surface area contributed by atoms with Gasteiger partial charge in [-0.05, 0) is 58.1 Å². The van der Waals surface area contributed by atoms with Crippen LogP contribution in [-0.4, -0.2) is 65.3 Å². The van der Waals surface area contributed by atoms with Gasteiger partial charge in [-0.25, -0.2) is 4.39 Å². The minimum atomic E-state index is -0.862. The van der Waals surface area contributed by atoms with Crippen LogP contribution in [0.25, 0.3) is 0 Å². The molecule has 1 aromatic carbocycles. The Labute approximate surface area is 248 Å². The molecule has 1 saturated heterocycles. The molecule has 222 valence electrons. The van der Waals surface area contributed by atoms with Crippen molar-refractivity contribution < 1.29 is 23.4 Å². The fourth-order valence-electron chi connectivity index (χ4n) is 6.28. The first-order chi connectivity index (χ1) is 19.6. The number of methoxy groups -OCH3 is 1. The zero-order valence-electron chi connectivity index (χ0n) is 23.9. The number of aromatic amines is 1. The number of pyridine rings is 1. The van der Waals surface area contributed by atoms with Crippen molar-refractivity contribution in [3.63, 3.8) is 0 Å². The van der Waals surface area contributed by atoms with E-state index >= 15 is 0 Å². The van der Waals surface area contributed by atoms with Gasteiger partial charge in [-0.15, -0.1) is 11.8 Å². The summed E-state index contributed by atoms with van der Waals surface area (Å²) in [5.41, 5.74) is 1.81. The van der Waals surface area contributed by atoms with Crippen LogP contribution in [0, 0.1) is 19.8 Å². The third kappa shape index (κ3) is 5.60. The molecule has 2 saturated carbocycles. The Morgan fingerprint density at radius 2 is 1.90 bits per heavy atom. The molecule has 3 unspecified atom stereocenters. The largest absolute Gasteiger partial charge is 0.448 e. The van der Waals surface area contributed by atoms with Crippen molar-refractivity contribution in [3.05, 3.63) is 49.9 Å². The lowest BCUT2D eigenvalue weighted by molar-refractivity contribution is -0.130. The van der Waals surface area contributed by atoms with Gasteiger partial charge in [0.15, 0.2) is 11.5 Å². The number of carbonyl (C=O) groups is 1. The molecule has 4 aliphatic rings. The zero-order valence-corrected chi connectivity index (χ0v) is 25.4. The van der Waals surface area contributed by atoms with Crippen LogP contribution in [0.4, 0.5) is 4.39 Å². The summed E-state index contributed by atoms with van der Waals surface area (Å²) in [6, 6.07) is 3.99. The van der Waals surface area contributed by atoms with Crippen LogP contribution < -0.4 is 20.3 Å². The van der Waals surface area contributed by atoms with E-state index in [0.29, 0.717) is 62.4 Å². The number of carbonyl (C=O) groups excluding carboxylic acids is 1. The molecule has 11 heteroatoms. The van der Waals surface area contributed by atoms with Crippen LogP contribution in [0.15, 0.2) is 21.8 Å². The lowest BCUT2D eigenvalue weighted by Gasteiger charge is -2.47. The van der Waals surface area contributed by atoms with Crippen molar-refractivity contribution in [2.45, 2.75) is 93.7 Å². The minimum Gasteiger partial charge on any atom is -0.448 e. The monoisotopic (exact) mass is 605 g/mol. The molecule has 0 radical (unpaired) electrons. The molecule has 0 bridgehead atoms. The number of rotatable bonds is 8. The van der Waals surface area contributed by atoms with Gasteiger partial charge < -0.3 is 24.5 Å². The van der Waals surface area contributed by atoms with Gasteiger partial charge in [0.05, 0.1) is 16.7 Å². The number of thioether (sulfide) groups is 1. The summed E-state index contributed by atoms with van der Waals surface area (Å²) in [5.74, 6) is -0.0864. The van der Waals surface area contributed by atoms with E-state index in [0.717, 1.165) is 38.8 Å². The zero-order chi connectivity index (χ0) is 29.1. The molecule has 1 amide bonds. The van der Waals surface area contributed by atoms with Crippen molar-refractivity contribution in [2.75, 3.05) is 20.2 Å². The number of alkyl halides is 1. The Morgan fingerprint density at radius 3 is 2.56 bits per heavy atom. The highest BCUT2D eigenvalue weighted by Crippen LogP contribution is 2.52. The molecule has 2 aromatic rings. The highest BCUT2D eigenvalue weighted by Gasteiger charge is 2.48. The number of ether oxygens (including phenoxy) is 3. The maximum Gasteiger partial charge on any atom is 0.254 e. The van der Waals surface area contributed by atoms with Crippen LogP contribution >= 0.6 is 23.4 Å². The third-order valence-corrected chi connectivity index (χ3v) is 10.7. The van der Waals surface area contributed by atoms with Crippen molar-refractivity contribution >= 4 is 29.3 Å². The molecular weight excluding hydrogens is 569 g/mol. The van der Waals surface area contributed by atoms with E-state index in [2.05, 4.69) is 15.2 Å². The van der Waals surface area contributed by atoms with E-state index in [-0.39, 0.29) is 29.2 Å². The molecule has 2 aliphatic carbocycles. The average molecular weight is 606 g/mol. The van der Waals surface area contributed by atoms with Crippen molar-refractivity contribution in [1.82, 2.24) is 15.2 Å². The number of H-pyrrole nitrogens is 1. The Balaban J connectivity index is 1.13. The molecule has 3 fully saturated rings. The second kappa shape index (κ2) is 11.1. The molecule has 41 heavy (non-hydrogen) atoms. The fourth-order valence-corrected chi connectivity index (χ4v) is 7.82. The predicted molar refractivity (Wildman–Crippen MR) is 156 cm³/mol. The summed E-state index contributed by atoms with van der Waals surface area (Å²) >= 11 is 7.99. The lowest BCUT2D eigenvalue weighted by atomic mass is 9.80. The molecule has 0 spiro atoms. The summed E-state index contributed by atoms with van der Waals surface area (Å²) in [4.78, 5) is 32.0. The first-order valence-corrected chi connectivity index (χ1v) is 15.6. The molecule has 3 atom stereocenters. The molecule has 6 rings (SSSR count). The van der Waals surface area contributed by atoms with E-state index in [1.807, 2.05) is 19.9 Å². The van der Waals surface area contributed by atoms with Gasteiger partial charge in [0.1, 0.15) is 6.17 Å². The number of likely N-dealkylation sites (tertiary alicyclic amines) is 1. The molecule has 8 nitrogen and oxygen atoms in total. The summed E-state index contributed by atoms with van der Waals surface area (Å²) in [6.07, 6.45) is 4.07. The molecular formula is C30H37ClFN3O5S. The van der Waals surface area contributed by atoms with Gasteiger partial charge in [-0.3, -0.25) is 14.5 Å². The standard InChI is InChI=1S/C30H37ClFN3O5S/c1-15-9-24(41-25-11-23(25)32)21(29(37)34-15)12-33-28(36)20-10-22(31)27-26(16(20)2)39-30(3,40-27)17-5-7-18(8-6-17)35-13-19(14-35)38-4/h9-10,17-19,23,25H,5-8,11-14H2,1-4H3,(H,33,36)(H,34,37). The first-order valence-electron chi connectivity index (χ1n) is 14.4. The summed E-state index contributed by atoms with van der Waals surface area (Å²) < 4.78 is 31.8. The normalized spacial score (nSPS) is 29.3. The van der Waals surface area contributed by atoms with E-state index in [4.69, 9.17) is 25.8 Å². The number of nitrogens with one attached hydrogen (secondary N) is 2. The number of fused-ring (bicyclic) bond motifs is 1. The van der Waals surface area contributed by atoms with E-state index in [1.165, 1.54) is 11.8 Å². The molecule has 3 heterocycles. The number of hydrogen-bond donors (Lipinski definition) is 2. The molecule has 1 aromatic heterocycles. The highest BCUT2D eigenvalue weighted by atomic mass is 35.5. The van der Waals surface area contributed by atoms with Crippen molar-refractivity contribution in [3.8, 4) is 11.5 Å². The number of amides is 1. The number of aromatic nitrogens is 1. The van der Waals surface area contributed by atoms with Gasteiger partial charge in [-0.2, -0.15) is 0 Å². The van der Waals surface area contributed by atoms with Gasteiger partial charge in [0, 0.05) is 72.6 Å². The van der Waals surface area contributed by atoms with Crippen LogP contribution in [-0.2, 0) is 11.3 Å². The van der Waals surface area contributed by atoms with Crippen LogP contribution in [0.1, 0.15) is 66.2 Å². The van der Waals surface area contributed by atoms with Crippen molar-refractivity contribution in [1.29, 1.82) is 0 Å². The SMILES string of the molecule is COC1CN(C2CCC(C3(C)Oc4c(Cl)cc(C(=O)NCc5c(SC6CC6F)cc(C)[nH]c5=O)c(C)c4O3)CC2)C1. The number of aryl methyl sites for hydroxylation is 1. The van der Waals surface area contributed by atoms with Crippen LogP contribution in [0.3, 0.4) is 0 Å². The van der Waals surface area contributed by atoms with Gasteiger partial charge >= 0.3 is 0 Å². The van der Waals surface area contributed by atoms with Gasteiger partial charge in [-0.1, -0.05) is 11.6 Å². The van der Waals surface area contributed by atoms with E-state index in [9.17, 15) is 14.0 Å². The maximum absolute atomic E-state index is 13.6. The topological polar surface area (TPSA) is 92.9 Å². The molecule has 2 N–H and O–H groups in total. The Bertz CT molecular complexity index is 1410. The van der Waals surface area contributed by atoms with E-state index < -0.39 is 12.0 Å². The second-order valence-electron chi connectivity index (χ2n) is 11.9. The average Bonchev–Trinajstić information content (AvgIpc) is 3.46. The lowest BCUT2D eigenvalue weighted by Crippen LogP contribution is -2.57. The number of hydrogen-bond acceptors (Lipinski definition) is 7. The van der Waals surface area contributed by atoms with Crippen LogP contribution in [0.5, 0.6) is 11.5 Å². The fraction of sp³-hybridized carbons (Fsp3) is 0.600. The summed E-state index contributed by atoms with van der Waals surface area (Å²) in [5, 5.41) is 3.03. The maximum atomic E-state index is 13.6. The first kappa shape index (κ1) is 28.8. The molecule has 2 aliphatic heterocycles. The van der Waals surface area contributed by atoms with Crippen LogP contribution in [0.2, 0.25) is 5.02 Å². The Kier molecular flexibility index (Phi) is 7.80. The number of benzene rings is 1. The smallest absolute Gasteiger partial charge is 0.254 e. The highest BCUT2D eigenvalue weighted by molar-refractivity contribution is 8.00. The number of nitrogens with zero attached hydrogens (tertiary/aromatic N) is 1. The Morgan fingerprint density at radius 1 is 1.22 bits per heavy atom. The van der Waals surface area contributed by atoms with E-state index in [1.54, 1.807) is 20.1 Å². The quantitative estimate of drug-likeness (QED) is 0.430.